The lowest BCUT2D eigenvalue weighted by molar-refractivity contribution is -0.123. The summed E-state index contributed by atoms with van der Waals surface area (Å²) in [5.41, 5.74) is 4.30. The number of amides is 1. The Kier molecular flexibility index (Phi) is 5.68. The van der Waals surface area contributed by atoms with Crippen LogP contribution in [0, 0.1) is 20.8 Å². The van der Waals surface area contributed by atoms with E-state index in [2.05, 4.69) is 29.4 Å². The third-order valence-electron chi connectivity index (χ3n) is 4.17. The zero-order valence-electron chi connectivity index (χ0n) is 15.2. The molecule has 2 aromatic carbocycles. The number of aromatic nitrogens is 1. The molecule has 5 heteroatoms. The molecule has 26 heavy (non-hydrogen) atoms. The van der Waals surface area contributed by atoms with Crippen molar-refractivity contribution in [2.24, 2.45) is 0 Å². The summed E-state index contributed by atoms with van der Waals surface area (Å²) >= 11 is 1.62. The van der Waals surface area contributed by atoms with E-state index >= 15 is 0 Å². The molecule has 0 spiro atoms. The largest absolute Gasteiger partial charge is 0.484 e. The van der Waals surface area contributed by atoms with E-state index in [-0.39, 0.29) is 12.5 Å². The minimum atomic E-state index is -0.140. The highest BCUT2D eigenvalue weighted by molar-refractivity contribution is 7.15. The van der Waals surface area contributed by atoms with E-state index in [1.807, 2.05) is 50.2 Å². The molecule has 0 fully saturated rings. The van der Waals surface area contributed by atoms with E-state index in [0.717, 1.165) is 32.5 Å². The average molecular weight is 366 g/mol. The van der Waals surface area contributed by atoms with Crippen LogP contribution in [0.25, 0.3) is 10.6 Å². The number of thiazole rings is 1. The Morgan fingerprint density at radius 2 is 1.73 bits per heavy atom. The van der Waals surface area contributed by atoms with Crippen molar-refractivity contribution < 1.29 is 9.53 Å². The number of carbonyl (C=O) groups is 1. The molecule has 3 aromatic rings. The van der Waals surface area contributed by atoms with Crippen molar-refractivity contribution in [1.29, 1.82) is 0 Å². The van der Waals surface area contributed by atoms with Crippen LogP contribution in [-0.2, 0) is 11.3 Å². The Morgan fingerprint density at radius 3 is 2.46 bits per heavy atom. The van der Waals surface area contributed by atoms with E-state index in [1.165, 1.54) is 5.56 Å². The molecule has 0 bridgehead atoms. The Balaban J connectivity index is 1.59. The first-order valence-electron chi connectivity index (χ1n) is 8.52. The maximum Gasteiger partial charge on any atom is 0.258 e. The fraction of sp³-hybridized carbons (Fsp3) is 0.238. The Morgan fingerprint density at radius 1 is 1.04 bits per heavy atom. The van der Waals surface area contributed by atoms with Crippen LogP contribution in [0.4, 0.5) is 0 Å². The van der Waals surface area contributed by atoms with Gasteiger partial charge in [0.25, 0.3) is 5.91 Å². The second-order valence-corrected chi connectivity index (χ2v) is 7.26. The number of aryl methyl sites for hydroxylation is 3. The van der Waals surface area contributed by atoms with Gasteiger partial charge in [0.2, 0.25) is 0 Å². The van der Waals surface area contributed by atoms with Crippen molar-refractivity contribution in [2.45, 2.75) is 27.3 Å². The highest BCUT2D eigenvalue weighted by Gasteiger charge is 2.12. The second kappa shape index (κ2) is 8.15. The van der Waals surface area contributed by atoms with Crippen molar-refractivity contribution in [3.05, 3.63) is 70.2 Å². The zero-order chi connectivity index (χ0) is 18.5. The molecule has 134 valence electrons. The van der Waals surface area contributed by atoms with E-state index < -0.39 is 0 Å². The minimum absolute atomic E-state index is 0.00730. The van der Waals surface area contributed by atoms with E-state index in [9.17, 15) is 4.79 Å². The van der Waals surface area contributed by atoms with Gasteiger partial charge in [-0.15, -0.1) is 11.3 Å². The molecule has 4 nitrogen and oxygen atoms in total. The van der Waals surface area contributed by atoms with Crippen molar-refractivity contribution in [3.8, 4) is 16.3 Å². The molecular formula is C21H22N2O2S. The number of hydrogen-bond acceptors (Lipinski definition) is 4. The summed E-state index contributed by atoms with van der Waals surface area (Å²) in [5, 5.41) is 3.90. The highest BCUT2D eigenvalue weighted by atomic mass is 32.1. The molecule has 0 aliphatic heterocycles. The fourth-order valence-corrected chi connectivity index (χ4v) is 3.70. The summed E-state index contributed by atoms with van der Waals surface area (Å²) in [5.74, 6) is 0.594. The van der Waals surface area contributed by atoms with Gasteiger partial charge in [0.15, 0.2) is 6.61 Å². The normalized spacial score (nSPS) is 10.6. The van der Waals surface area contributed by atoms with Gasteiger partial charge in [-0.05, 0) is 38.0 Å². The lowest BCUT2D eigenvalue weighted by atomic mass is 10.1. The monoisotopic (exact) mass is 366 g/mol. The van der Waals surface area contributed by atoms with Gasteiger partial charge in [0.05, 0.1) is 12.2 Å². The van der Waals surface area contributed by atoms with Crippen LogP contribution in [0.2, 0.25) is 0 Å². The van der Waals surface area contributed by atoms with E-state index in [1.54, 1.807) is 11.3 Å². The molecule has 1 N–H and O–H groups in total. The number of nitrogens with zero attached hydrogens (tertiary/aromatic N) is 1. The Labute approximate surface area is 157 Å². The number of ether oxygens (including phenoxy) is 1. The van der Waals surface area contributed by atoms with E-state index in [4.69, 9.17) is 4.74 Å². The smallest absolute Gasteiger partial charge is 0.258 e. The van der Waals surface area contributed by atoms with Gasteiger partial charge in [-0.3, -0.25) is 4.79 Å². The maximum absolute atomic E-state index is 12.1. The molecule has 0 saturated heterocycles. The molecule has 1 heterocycles. The lowest BCUT2D eigenvalue weighted by Crippen LogP contribution is -2.28. The summed E-state index contributed by atoms with van der Waals surface area (Å²) in [7, 11) is 0. The molecular weight excluding hydrogens is 344 g/mol. The molecule has 3 rings (SSSR count). The van der Waals surface area contributed by atoms with Crippen LogP contribution in [-0.4, -0.2) is 17.5 Å². The van der Waals surface area contributed by atoms with Gasteiger partial charge in [0, 0.05) is 10.4 Å². The van der Waals surface area contributed by atoms with Crippen molar-refractivity contribution >= 4 is 17.2 Å². The van der Waals surface area contributed by atoms with E-state index in [0.29, 0.717) is 6.54 Å². The molecule has 0 aliphatic rings. The van der Waals surface area contributed by atoms with Crippen LogP contribution in [0.15, 0.2) is 48.5 Å². The lowest BCUT2D eigenvalue weighted by Gasteiger charge is -2.09. The van der Waals surface area contributed by atoms with Crippen molar-refractivity contribution in [1.82, 2.24) is 10.3 Å². The van der Waals surface area contributed by atoms with Gasteiger partial charge in [0.1, 0.15) is 10.8 Å². The summed E-state index contributed by atoms with van der Waals surface area (Å²) in [6.45, 7) is 6.49. The number of carbonyl (C=O) groups excluding carboxylic acids is 1. The van der Waals surface area contributed by atoms with Crippen LogP contribution >= 0.6 is 11.3 Å². The Hall–Kier alpha value is -2.66. The highest BCUT2D eigenvalue weighted by Crippen LogP contribution is 2.29. The predicted molar refractivity (Wildman–Crippen MR) is 106 cm³/mol. The third-order valence-corrected chi connectivity index (χ3v) is 5.36. The van der Waals surface area contributed by atoms with Crippen molar-refractivity contribution in [2.75, 3.05) is 6.61 Å². The predicted octanol–water partition coefficient (Wildman–Crippen LogP) is 4.43. The van der Waals surface area contributed by atoms with Crippen LogP contribution in [0.5, 0.6) is 5.75 Å². The minimum Gasteiger partial charge on any atom is -0.484 e. The standard InChI is InChI=1S/C21H22N2O2S/c1-14-8-4-6-10-17(14)21-23-16(3)19(26-21)12-22-20(24)13-25-18-11-7-5-9-15(18)2/h4-11H,12-13H2,1-3H3,(H,22,24). The quantitative estimate of drug-likeness (QED) is 0.702. The first kappa shape index (κ1) is 18.1. The SMILES string of the molecule is Cc1ccccc1OCC(=O)NCc1sc(-c2ccccc2C)nc1C. The summed E-state index contributed by atoms with van der Waals surface area (Å²) in [4.78, 5) is 17.8. The topological polar surface area (TPSA) is 51.2 Å². The number of hydrogen-bond donors (Lipinski definition) is 1. The van der Waals surface area contributed by atoms with Gasteiger partial charge in [-0.1, -0.05) is 42.5 Å². The van der Waals surface area contributed by atoms with Gasteiger partial charge in [-0.2, -0.15) is 0 Å². The molecule has 1 amide bonds. The molecule has 1 aromatic heterocycles. The first-order valence-corrected chi connectivity index (χ1v) is 9.33. The number of para-hydroxylation sites is 1. The number of nitrogens with one attached hydrogen (secondary N) is 1. The Bertz CT molecular complexity index is 918. The van der Waals surface area contributed by atoms with Crippen molar-refractivity contribution in [3.63, 3.8) is 0 Å². The van der Waals surface area contributed by atoms with Gasteiger partial charge in [-0.25, -0.2) is 4.98 Å². The maximum atomic E-state index is 12.1. The second-order valence-electron chi connectivity index (χ2n) is 6.17. The number of benzene rings is 2. The first-order chi connectivity index (χ1) is 12.5. The van der Waals surface area contributed by atoms with Crippen LogP contribution in [0.3, 0.4) is 0 Å². The summed E-state index contributed by atoms with van der Waals surface area (Å²) in [6, 6.07) is 15.9. The third kappa shape index (κ3) is 4.29. The zero-order valence-corrected chi connectivity index (χ0v) is 16.0. The van der Waals surface area contributed by atoms with Gasteiger partial charge >= 0.3 is 0 Å². The number of rotatable bonds is 6. The molecule has 0 aliphatic carbocycles. The molecule has 0 atom stereocenters. The summed E-state index contributed by atoms with van der Waals surface area (Å²) in [6.07, 6.45) is 0. The average Bonchev–Trinajstić information content (AvgIpc) is 3.00. The van der Waals surface area contributed by atoms with Crippen LogP contribution < -0.4 is 10.1 Å². The molecule has 0 unspecified atom stereocenters. The fourth-order valence-electron chi connectivity index (χ4n) is 2.61. The van der Waals surface area contributed by atoms with Crippen LogP contribution in [0.1, 0.15) is 21.7 Å². The molecule has 0 radical (unpaired) electrons. The van der Waals surface area contributed by atoms with Gasteiger partial charge < -0.3 is 10.1 Å². The summed E-state index contributed by atoms with van der Waals surface area (Å²) < 4.78 is 5.58. The molecule has 0 saturated carbocycles.